The summed E-state index contributed by atoms with van der Waals surface area (Å²) in [6.45, 7) is 10.1. The molecule has 3 heteroatoms. The molecule has 0 aliphatic carbocycles. The summed E-state index contributed by atoms with van der Waals surface area (Å²) in [6.07, 6.45) is 5.05. The number of hydrogen-bond acceptors (Lipinski definition) is 3. The Labute approximate surface area is 99.5 Å². The molecular formula is C13H26N2O. The molecule has 2 fully saturated rings. The Morgan fingerprint density at radius 1 is 1.38 bits per heavy atom. The largest absolute Gasteiger partial charge is 0.379 e. The van der Waals surface area contributed by atoms with E-state index in [1.165, 1.54) is 45.3 Å². The van der Waals surface area contributed by atoms with E-state index in [1.54, 1.807) is 0 Å². The third kappa shape index (κ3) is 2.76. The Hall–Kier alpha value is -0.120. The van der Waals surface area contributed by atoms with E-state index in [0.717, 1.165) is 19.3 Å². The van der Waals surface area contributed by atoms with Crippen LogP contribution in [-0.4, -0.2) is 49.3 Å². The van der Waals surface area contributed by atoms with Gasteiger partial charge >= 0.3 is 0 Å². The van der Waals surface area contributed by atoms with Crippen molar-refractivity contribution in [3.05, 3.63) is 0 Å². The van der Waals surface area contributed by atoms with E-state index in [0.29, 0.717) is 5.54 Å². The zero-order chi connectivity index (χ0) is 11.4. The molecule has 1 atom stereocenters. The van der Waals surface area contributed by atoms with Gasteiger partial charge in [0, 0.05) is 31.3 Å². The van der Waals surface area contributed by atoms with Gasteiger partial charge in [-0.1, -0.05) is 6.92 Å². The van der Waals surface area contributed by atoms with Crippen LogP contribution in [0.2, 0.25) is 0 Å². The van der Waals surface area contributed by atoms with Crippen LogP contribution in [0.4, 0.5) is 0 Å². The second-order valence-electron chi connectivity index (χ2n) is 5.51. The van der Waals surface area contributed by atoms with Crippen LogP contribution in [0.25, 0.3) is 0 Å². The van der Waals surface area contributed by atoms with Gasteiger partial charge in [-0.3, -0.25) is 4.90 Å². The molecule has 0 aromatic carbocycles. The van der Waals surface area contributed by atoms with Crippen molar-refractivity contribution in [2.75, 3.05) is 32.8 Å². The fourth-order valence-corrected chi connectivity index (χ4v) is 2.88. The molecule has 2 rings (SSSR count). The molecule has 0 radical (unpaired) electrons. The number of ether oxygens (including phenoxy) is 1. The van der Waals surface area contributed by atoms with Crippen LogP contribution in [0.1, 0.15) is 39.5 Å². The van der Waals surface area contributed by atoms with Crippen molar-refractivity contribution in [3.8, 4) is 0 Å². The van der Waals surface area contributed by atoms with Crippen molar-refractivity contribution in [3.63, 3.8) is 0 Å². The van der Waals surface area contributed by atoms with Gasteiger partial charge in [-0.25, -0.2) is 0 Å². The summed E-state index contributed by atoms with van der Waals surface area (Å²) in [6, 6.07) is 0.752. The lowest BCUT2D eigenvalue weighted by molar-refractivity contribution is 0.0549. The van der Waals surface area contributed by atoms with Gasteiger partial charge in [0.2, 0.25) is 0 Å². The molecule has 0 bridgehead atoms. The number of nitrogens with zero attached hydrogens (tertiary/aromatic N) is 1. The van der Waals surface area contributed by atoms with Crippen molar-refractivity contribution in [2.24, 2.45) is 0 Å². The lowest BCUT2D eigenvalue weighted by Gasteiger charge is -2.42. The minimum absolute atomic E-state index is 0.329. The summed E-state index contributed by atoms with van der Waals surface area (Å²) >= 11 is 0. The lowest BCUT2D eigenvalue weighted by Crippen LogP contribution is -2.53. The zero-order valence-corrected chi connectivity index (χ0v) is 10.8. The lowest BCUT2D eigenvalue weighted by atomic mass is 9.94. The molecule has 0 amide bonds. The average Bonchev–Trinajstić information content (AvgIpc) is 2.75. The van der Waals surface area contributed by atoms with Gasteiger partial charge in [-0.2, -0.15) is 0 Å². The van der Waals surface area contributed by atoms with Gasteiger partial charge in [0.15, 0.2) is 0 Å². The Kier molecular flexibility index (Phi) is 4.22. The molecule has 2 saturated heterocycles. The summed E-state index contributed by atoms with van der Waals surface area (Å²) in [4.78, 5) is 2.64. The van der Waals surface area contributed by atoms with Gasteiger partial charge < -0.3 is 10.1 Å². The topological polar surface area (TPSA) is 24.5 Å². The first-order chi connectivity index (χ1) is 7.74. The van der Waals surface area contributed by atoms with Gasteiger partial charge in [-0.05, 0) is 39.2 Å². The molecule has 0 aromatic rings. The molecular weight excluding hydrogens is 200 g/mol. The maximum absolute atomic E-state index is 5.55. The van der Waals surface area contributed by atoms with Crippen LogP contribution in [0.3, 0.4) is 0 Å². The smallest absolute Gasteiger partial charge is 0.0648 e. The quantitative estimate of drug-likeness (QED) is 0.788. The monoisotopic (exact) mass is 226 g/mol. The molecule has 0 spiro atoms. The minimum atomic E-state index is 0.329. The first kappa shape index (κ1) is 12.3. The number of nitrogens with one attached hydrogen (secondary N) is 1. The first-order valence-corrected chi connectivity index (χ1v) is 6.81. The third-order valence-electron chi connectivity index (χ3n) is 4.14. The predicted octanol–water partition coefficient (Wildman–Crippen LogP) is 1.63. The first-order valence-electron chi connectivity index (χ1n) is 6.81. The van der Waals surface area contributed by atoms with E-state index < -0.39 is 0 Å². The molecule has 2 aliphatic rings. The average molecular weight is 226 g/mol. The molecule has 0 aromatic heterocycles. The summed E-state index contributed by atoms with van der Waals surface area (Å²) < 4.78 is 5.55. The fraction of sp³-hybridized carbons (Fsp3) is 1.00. The third-order valence-corrected chi connectivity index (χ3v) is 4.14. The fourth-order valence-electron chi connectivity index (χ4n) is 2.88. The van der Waals surface area contributed by atoms with Gasteiger partial charge in [0.25, 0.3) is 0 Å². The molecule has 0 saturated carbocycles. The molecule has 2 heterocycles. The van der Waals surface area contributed by atoms with E-state index in [9.17, 15) is 0 Å². The van der Waals surface area contributed by atoms with Gasteiger partial charge in [0.05, 0.1) is 6.61 Å². The molecule has 2 aliphatic heterocycles. The van der Waals surface area contributed by atoms with E-state index in [2.05, 4.69) is 24.1 Å². The molecule has 94 valence electrons. The number of piperidine rings is 1. The highest BCUT2D eigenvalue weighted by Gasteiger charge is 2.37. The summed E-state index contributed by atoms with van der Waals surface area (Å²) in [5.74, 6) is 0. The highest BCUT2D eigenvalue weighted by atomic mass is 16.5. The second kappa shape index (κ2) is 5.48. The van der Waals surface area contributed by atoms with Crippen molar-refractivity contribution >= 4 is 0 Å². The summed E-state index contributed by atoms with van der Waals surface area (Å²) in [5, 5.41) is 3.64. The molecule has 16 heavy (non-hydrogen) atoms. The van der Waals surface area contributed by atoms with Gasteiger partial charge in [-0.15, -0.1) is 0 Å². The highest BCUT2D eigenvalue weighted by Crippen LogP contribution is 2.28. The van der Waals surface area contributed by atoms with Crippen LogP contribution >= 0.6 is 0 Å². The Morgan fingerprint density at radius 2 is 2.12 bits per heavy atom. The van der Waals surface area contributed by atoms with Crippen molar-refractivity contribution < 1.29 is 4.74 Å². The van der Waals surface area contributed by atoms with Crippen molar-refractivity contribution in [1.82, 2.24) is 10.2 Å². The van der Waals surface area contributed by atoms with Crippen LogP contribution < -0.4 is 5.32 Å². The molecule has 1 unspecified atom stereocenters. The van der Waals surface area contributed by atoms with E-state index in [1.807, 2.05) is 0 Å². The van der Waals surface area contributed by atoms with Crippen molar-refractivity contribution in [1.29, 1.82) is 0 Å². The van der Waals surface area contributed by atoms with E-state index in [4.69, 9.17) is 4.74 Å². The second-order valence-corrected chi connectivity index (χ2v) is 5.51. The van der Waals surface area contributed by atoms with Crippen LogP contribution in [-0.2, 0) is 4.74 Å². The van der Waals surface area contributed by atoms with Crippen LogP contribution in [0.5, 0.6) is 0 Å². The summed E-state index contributed by atoms with van der Waals surface area (Å²) in [5.41, 5.74) is 0.329. The van der Waals surface area contributed by atoms with E-state index >= 15 is 0 Å². The maximum Gasteiger partial charge on any atom is 0.0648 e. The Morgan fingerprint density at radius 3 is 2.69 bits per heavy atom. The van der Waals surface area contributed by atoms with Crippen LogP contribution in [0, 0.1) is 0 Å². The number of hydrogen-bond donors (Lipinski definition) is 1. The molecule has 1 N–H and O–H groups in total. The number of rotatable bonds is 4. The zero-order valence-electron chi connectivity index (χ0n) is 10.8. The highest BCUT2D eigenvalue weighted by molar-refractivity contribution is 4.92. The van der Waals surface area contributed by atoms with Crippen LogP contribution in [0.15, 0.2) is 0 Å². The Bertz CT molecular complexity index is 206. The van der Waals surface area contributed by atoms with Crippen molar-refractivity contribution in [2.45, 2.75) is 51.1 Å². The maximum atomic E-state index is 5.55. The van der Waals surface area contributed by atoms with E-state index in [-0.39, 0.29) is 0 Å². The molecule has 3 nitrogen and oxygen atoms in total. The Balaban J connectivity index is 1.76. The predicted molar refractivity (Wildman–Crippen MR) is 66.7 cm³/mol. The standard InChI is InChI=1S/C13H26N2O/c1-3-7-14-12-4-8-15(9-5-12)13(2)6-10-16-11-13/h12,14H,3-11H2,1-2H3. The van der Waals surface area contributed by atoms with Gasteiger partial charge in [0.1, 0.15) is 0 Å². The minimum Gasteiger partial charge on any atom is -0.379 e. The SMILES string of the molecule is CCCNC1CCN(C2(C)CCOC2)CC1. The number of likely N-dealkylation sites (tertiary alicyclic amines) is 1. The normalized spacial score (nSPS) is 33.4. The summed E-state index contributed by atoms with van der Waals surface area (Å²) in [7, 11) is 0.